The average molecular weight is 473 g/mol. The molecule has 8 nitrogen and oxygen atoms in total. The zero-order valence-corrected chi connectivity index (χ0v) is 19.7. The van der Waals surface area contributed by atoms with Gasteiger partial charge < -0.3 is 5.32 Å². The van der Waals surface area contributed by atoms with Crippen LogP contribution in [0.15, 0.2) is 70.7 Å². The van der Waals surface area contributed by atoms with Crippen molar-refractivity contribution < 1.29 is 4.79 Å². The van der Waals surface area contributed by atoms with E-state index in [4.69, 9.17) is 0 Å². The Hall–Kier alpha value is -3.72. The Morgan fingerprint density at radius 3 is 2.71 bits per heavy atom. The van der Waals surface area contributed by atoms with Crippen LogP contribution >= 0.6 is 11.8 Å². The van der Waals surface area contributed by atoms with Crippen LogP contribution in [0.5, 0.6) is 0 Å². The molecule has 0 spiro atoms. The van der Waals surface area contributed by atoms with Crippen molar-refractivity contribution in [3.05, 3.63) is 71.1 Å². The first-order valence-corrected chi connectivity index (χ1v) is 12.1. The van der Waals surface area contributed by atoms with E-state index >= 15 is 0 Å². The number of aromatic nitrogens is 5. The number of anilines is 1. The first kappa shape index (κ1) is 22.1. The van der Waals surface area contributed by atoms with Gasteiger partial charge in [-0.05, 0) is 48.7 Å². The fourth-order valence-electron chi connectivity index (χ4n) is 3.94. The Morgan fingerprint density at radius 1 is 1.03 bits per heavy atom. The van der Waals surface area contributed by atoms with Gasteiger partial charge in [0.2, 0.25) is 11.7 Å². The molecule has 1 N–H and O–H groups in total. The number of rotatable bonds is 7. The van der Waals surface area contributed by atoms with Gasteiger partial charge in [0.05, 0.1) is 27.9 Å². The average Bonchev–Trinajstić information content (AvgIpc) is 3.27. The third-order valence-electron chi connectivity index (χ3n) is 5.66. The molecule has 9 heteroatoms. The molecular formula is C25H24N6O2S. The number of fused-ring (bicyclic) bond motifs is 4. The quantitative estimate of drug-likeness (QED) is 0.354. The van der Waals surface area contributed by atoms with Crippen molar-refractivity contribution >= 4 is 50.9 Å². The number of para-hydroxylation sites is 1. The Bertz CT molecular complexity index is 1570. The SMILES string of the molecule is CC(C)CCn1c(=O)c2ccccc2n2c(SCC(=O)Nc3cccc4ncccc34)nnc12. The van der Waals surface area contributed by atoms with Crippen molar-refractivity contribution in [2.45, 2.75) is 32.0 Å². The monoisotopic (exact) mass is 472 g/mol. The minimum absolute atomic E-state index is 0.0741. The molecule has 3 heterocycles. The van der Waals surface area contributed by atoms with Crippen molar-refractivity contribution in [2.75, 3.05) is 11.1 Å². The second-order valence-electron chi connectivity index (χ2n) is 8.49. The van der Waals surface area contributed by atoms with Gasteiger partial charge in [-0.15, -0.1) is 10.2 Å². The van der Waals surface area contributed by atoms with Crippen molar-refractivity contribution in [1.29, 1.82) is 0 Å². The molecule has 0 aliphatic carbocycles. The van der Waals surface area contributed by atoms with Crippen LogP contribution in [0, 0.1) is 5.92 Å². The van der Waals surface area contributed by atoms with Crippen LogP contribution in [0.25, 0.3) is 27.6 Å². The van der Waals surface area contributed by atoms with Gasteiger partial charge in [-0.1, -0.05) is 43.8 Å². The van der Waals surface area contributed by atoms with Crippen molar-refractivity contribution in [3.63, 3.8) is 0 Å². The fraction of sp³-hybridized carbons (Fsp3) is 0.240. The zero-order chi connectivity index (χ0) is 23.7. The van der Waals surface area contributed by atoms with Crippen molar-refractivity contribution in [2.24, 2.45) is 5.92 Å². The van der Waals surface area contributed by atoms with E-state index in [1.807, 2.05) is 59.0 Å². The maximum atomic E-state index is 13.1. The van der Waals surface area contributed by atoms with Gasteiger partial charge in [-0.2, -0.15) is 0 Å². The third kappa shape index (κ3) is 4.14. The van der Waals surface area contributed by atoms with Crippen LogP contribution in [0.1, 0.15) is 20.3 Å². The summed E-state index contributed by atoms with van der Waals surface area (Å²) in [6, 6.07) is 16.9. The lowest BCUT2D eigenvalue weighted by Gasteiger charge is -2.12. The number of hydrogen-bond donors (Lipinski definition) is 1. The summed E-state index contributed by atoms with van der Waals surface area (Å²) in [7, 11) is 0. The van der Waals surface area contributed by atoms with E-state index in [0.717, 1.165) is 28.5 Å². The molecule has 5 rings (SSSR count). The number of aryl methyl sites for hydroxylation is 1. The summed E-state index contributed by atoms with van der Waals surface area (Å²) in [4.78, 5) is 30.3. The van der Waals surface area contributed by atoms with Gasteiger partial charge in [0.25, 0.3) is 5.56 Å². The summed E-state index contributed by atoms with van der Waals surface area (Å²) in [6.07, 6.45) is 2.58. The number of pyridine rings is 1. The third-order valence-corrected chi connectivity index (χ3v) is 6.59. The number of amides is 1. The van der Waals surface area contributed by atoms with Gasteiger partial charge in [0.1, 0.15) is 0 Å². The summed E-state index contributed by atoms with van der Waals surface area (Å²) in [5.74, 6) is 0.933. The predicted octanol–water partition coefficient (Wildman–Crippen LogP) is 4.37. The van der Waals surface area contributed by atoms with Crippen LogP contribution < -0.4 is 10.9 Å². The minimum Gasteiger partial charge on any atom is -0.325 e. The van der Waals surface area contributed by atoms with E-state index in [0.29, 0.717) is 28.8 Å². The maximum absolute atomic E-state index is 13.1. The number of benzene rings is 2. The number of carbonyl (C=O) groups excluding carboxylic acids is 1. The second-order valence-corrected chi connectivity index (χ2v) is 9.43. The highest BCUT2D eigenvalue weighted by Crippen LogP contribution is 2.24. The molecule has 0 saturated carbocycles. The number of nitrogens with zero attached hydrogens (tertiary/aromatic N) is 5. The molecule has 0 aliphatic rings. The standard InChI is InChI=1S/C25H24N6O2S/c1-16(2)12-14-30-23(33)18-7-3-4-11-21(18)31-24(30)28-29-25(31)34-15-22(32)27-20-10-5-9-19-17(20)8-6-13-26-19/h3-11,13,16H,12,14-15H2,1-2H3,(H,27,32). The summed E-state index contributed by atoms with van der Waals surface area (Å²) in [5, 5.41) is 13.7. The largest absolute Gasteiger partial charge is 0.325 e. The summed E-state index contributed by atoms with van der Waals surface area (Å²) in [5.41, 5.74) is 2.20. The highest BCUT2D eigenvalue weighted by Gasteiger charge is 2.18. The van der Waals surface area contributed by atoms with Gasteiger partial charge in [-0.25, -0.2) is 0 Å². The first-order chi connectivity index (χ1) is 16.5. The van der Waals surface area contributed by atoms with Crippen LogP contribution in [-0.2, 0) is 11.3 Å². The van der Waals surface area contributed by atoms with Gasteiger partial charge in [0.15, 0.2) is 5.16 Å². The van der Waals surface area contributed by atoms with Gasteiger partial charge in [-0.3, -0.25) is 23.5 Å². The lowest BCUT2D eigenvalue weighted by molar-refractivity contribution is -0.113. The van der Waals surface area contributed by atoms with Crippen LogP contribution in [0.2, 0.25) is 0 Å². The summed E-state index contributed by atoms with van der Waals surface area (Å²) < 4.78 is 3.55. The lowest BCUT2D eigenvalue weighted by Crippen LogP contribution is -2.24. The number of hydrogen-bond acceptors (Lipinski definition) is 6. The van der Waals surface area contributed by atoms with Crippen molar-refractivity contribution in [1.82, 2.24) is 24.1 Å². The van der Waals surface area contributed by atoms with Gasteiger partial charge in [0, 0.05) is 18.1 Å². The molecule has 0 bridgehead atoms. The molecule has 0 unspecified atom stereocenters. The topological polar surface area (TPSA) is 94.2 Å². The second kappa shape index (κ2) is 9.26. The molecule has 1 amide bonds. The first-order valence-electron chi connectivity index (χ1n) is 11.2. The lowest BCUT2D eigenvalue weighted by atomic mass is 10.1. The smallest absolute Gasteiger partial charge is 0.262 e. The summed E-state index contributed by atoms with van der Waals surface area (Å²) in [6.45, 7) is 4.81. The van der Waals surface area contributed by atoms with E-state index in [9.17, 15) is 9.59 Å². The molecule has 0 atom stereocenters. The zero-order valence-electron chi connectivity index (χ0n) is 18.9. The molecule has 0 fully saturated rings. The Labute approximate surface area is 200 Å². The molecule has 2 aromatic carbocycles. The fourth-order valence-corrected chi connectivity index (χ4v) is 4.68. The molecule has 3 aromatic heterocycles. The molecular weight excluding hydrogens is 448 g/mol. The number of thioether (sulfide) groups is 1. The van der Waals surface area contributed by atoms with Gasteiger partial charge >= 0.3 is 0 Å². The number of carbonyl (C=O) groups is 1. The van der Waals surface area contributed by atoms with Crippen molar-refractivity contribution in [3.8, 4) is 0 Å². The normalized spacial score (nSPS) is 11.6. The van der Waals surface area contributed by atoms with E-state index in [1.54, 1.807) is 10.8 Å². The molecule has 0 aliphatic heterocycles. The Kier molecular flexibility index (Phi) is 6.02. The minimum atomic E-state index is -0.157. The Morgan fingerprint density at radius 2 is 1.85 bits per heavy atom. The van der Waals surface area contributed by atoms with E-state index in [1.165, 1.54) is 11.8 Å². The van der Waals surface area contributed by atoms with E-state index in [-0.39, 0.29) is 17.2 Å². The molecule has 5 aromatic rings. The summed E-state index contributed by atoms with van der Waals surface area (Å²) >= 11 is 1.29. The van der Waals surface area contributed by atoms with Crippen LogP contribution in [0.3, 0.4) is 0 Å². The van der Waals surface area contributed by atoms with Crippen LogP contribution in [-0.4, -0.2) is 35.8 Å². The highest BCUT2D eigenvalue weighted by atomic mass is 32.2. The molecule has 0 saturated heterocycles. The maximum Gasteiger partial charge on any atom is 0.262 e. The molecule has 34 heavy (non-hydrogen) atoms. The Balaban J connectivity index is 1.45. The predicted molar refractivity (Wildman–Crippen MR) is 135 cm³/mol. The van der Waals surface area contributed by atoms with E-state index in [2.05, 4.69) is 34.3 Å². The number of nitrogens with one attached hydrogen (secondary N) is 1. The highest BCUT2D eigenvalue weighted by molar-refractivity contribution is 7.99. The van der Waals surface area contributed by atoms with Crippen LogP contribution in [0.4, 0.5) is 5.69 Å². The molecule has 172 valence electrons. The van der Waals surface area contributed by atoms with E-state index < -0.39 is 0 Å². The molecule has 0 radical (unpaired) electrons.